The number of nitrogens with zero attached hydrogens (tertiary/aromatic N) is 2. The van der Waals surface area contributed by atoms with Crippen molar-refractivity contribution in [2.75, 3.05) is 14.2 Å². The van der Waals surface area contributed by atoms with Crippen molar-refractivity contribution in [1.29, 1.82) is 0 Å². The van der Waals surface area contributed by atoms with Crippen LogP contribution in [0.1, 0.15) is 4.88 Å². The molecule has 0 unspecified atom stereocenters. The fourth-order valence-electron chi connectivity index (χ4n) is 2.76. The summed E-state index contributed by atoms with van der Waals surface area (Å²) in [6, 6.07) is 19.8. The van der Waals surface area contributed by atoms with E-state index in [1.807, 2.05) is 48.5 Å². The molecule has 1 saturated heterocycles. The number of hydrogen-bond donors (Lipinski definition) is 0. The number of amidine groups is 1. The lowest BCUT2D eigenvalue weighted by molar-refractivity contribution is -0.121. The first kappa shape index (κ1) is 18.5. The van der Waals surface area contributed by atoms with E-state index in [0.29, 0.717) is 10.1 Å². The first-order valence-electron chi connectivity index (χ1n) is 8.68. The lowest BCUT2D eigenvalue weighted by Crippen LogP contribution is -2.23. The number of carbonyl (C=O) groups excluding carboxylic acids is 1. The van der Waals surface area contributed by atoms with Crippen LogP contribution in [0.3, 0.4) is 0 Å². The second kappa shape index (κ2) is 8.04. The van der Waals surface area contributed by atoms with Crippen LogP contribution in [-0.2, 0) is 4.79 Å². The van der Waals surface area contributed by atoms with Gasteiger partial charge in [0.2, 0.25) is 0 Å². The monoisotopic (exact) mass is 406 g/mol. The molecule has 0 saturated carbocycles. The number of methoxy groups -OCH3 is 1. The molecule has 0 radical (unpaired) electrons. The van der Waals surface area contributed by atoms with Crippen LogP contribution in [-0.4, -0.2) is 30.1 Å². The number of ether oxygens (including phenoxy) is 1. The van der Waals surface area contributed by atoms with E-state index in [9.17, 15) is 4.79 Å². The number of carbonyl (C=O) groups is 1. The molecule has 1 aromatic heterocycles. The van der Waals surface area contributed by atoms with E-state index in [0.717, 1.165) is 21.9 Å². The molecule has 4 nitrogen and oxygen atoms in total. The van der Waals surface area contributed by atoms with Crippen molar-refractivity contribution >= 4 is 45.9 Å². The smallest absolute Gasteiger partial charge is 0.266 e. The van der Waals surface area contributed by atoms with Crippen LogP contribution in [0.2, 0.25) is 0 Å². The van der Waals surface area contributed by atoms with Gasteiger partial charge >= 0.3 is 0 Å². The number of likely N-dealkylation sites (N-methyl/N-ethyl adjacent to an activating group) is 1. The summed E-state index contributed by atoms with van der Waals surface area (Å²) in [6.45, 7) is 0. The van der Waals surface area contributed by atoms with Crippen molar-refractivity contribution < 1.29 is 9.53 Å². The van der Waals surface area contributed by atoms with E-state index >= 15 is 0 Å². The van der Waals surface area contributed by atoms with E-state index in [1.54, 1.807) is 30.4 Å². The Labute approximate surface area is 172 Å². The Bertz CT molecular complexity index is 1050. The predicted molar refractivity (Wildman–Crippen MR) is 118 cm³/mol. The van der Waals surface area contributed by atoms with Crippen molar-refractivity contribution in [3.63, 3.8) is 0 Å². The normalized spacial score (nSPS) is 16.9. The lowest BCUT2D eigenvalue weighted by Gasteiger charge is -2.07. The van der Waals surface area contributed by atoms with Gasteiger partial charge in [0.05, 0.1) is 17.7 Å². The highest BCUT2D eigenvalue weighted by molar-refractivity contribution is 8.18. The van der Waals surface area contributed by atoms with Crippen molar-refractivity contribution in [3.8, 4) is 16.9 Å². The number of amides is 1. The summed E-state index contributed by atoms with van der Waals surface area (Å²) in [7, 11) is 3.38. The summed E-state index contributed by atoms with van der Waals surface area (Å²) in [5, 5.41) is 2.78. The largest absolute Gasteiger partial charge is 0.497 e. The van der Waals surface area contributed by atoms with Crippen LogP contribution in [0.25, 0.3) is 17.2 Å². The fraction of sp³-hybridized carbons (Fsp3) is 0.0909. The Kier molecular flexibility index (Phi) is 5.32. The van der Waals surface area contributed by atoms with Crippen molar-refractivity contribution in [2.24, 2.45) is 4.99 Å². The number of hydrogen-bond acceptors (Lipinski definition) is 5. The average molecular weight is 407 g/mol. The first-order valence-corrected chi connectivity index (χ1v) is 10.4. The van der Waals surface area contributed by atoms with Gasteiger partial charge in [0.1, 0.15) is 5.75 Å². The minimum absolute atomic E-state index is 0.0353. The number of thiophene rings is 1. The molecule has 1 amide bonds. The van der Waals surface area contributed by atoms with Gasteiger partial charge in [-0.25, -0.2) is 4.99 Å². The summed E-state index contributed by atoms with van der Waals surface area (Å²) in [6.07, 6.45) is 1.94. The van der Waals surface area contributed by atoms with E-state index in [1.165, 1.54) is 17.3 Å². The number of rotatable bonds is 4. The van der Waals surface area contributed by atoms with Gasteiger partial charge in [0.15, 0.2) is 5.17 Å². The molecule has 1 aliphatic rings. The van der Waals surface area contributed by atoms with E-state index < -0.39 is 0 Å². The van der Waals surface area contributed by atoms with Crippen LogP contribution in [0.5, 0.6) is 5.75 Å². The van der Waals surface area contributed by atoms with Crippen LogP contribution in [0, 0.1) is 0 Å². The van der Waals surface area contributed by atoms with E-state index in [4.69, 9.17) is 4.74 Å². The highest BCUT2D eigenvalue weighted by Crippen LogP contribution is 2.35. The molecule has 2 aromatic carbocycles. The maximum absolute atomic E-state index is 12.6. The molecule has 4 rings (SSSR count). The summed E-state index contributed by atoms with van der Waals surface area (Å²) in [5.74, 6) is 0.742. The standard InChI is InChI=1S/C22H18N2O2S2/c1-24-21(25)20(28-22(24)23-17-8-10-18(26-2)11-9-17)13-19-12-16(14-27-19)15-6-4-3-5-7-15/h3-14H,1-2H3. The quantitative estimate of drug-likeness (QED) is 0.525. The third-order valence-corrected chi connectivity index (χ3v) is 6.24. The molecule has 0 aliphatic carbocycles. The molecule has 0 atom stereocenters. The molecule has 0 spiro atoms. The zero-order valence-electron chi connectivity index (χ0n) is 15.5. The minimum atomic E-state index is -0.0353. The van der Waals surface area contributed by atoms with Crippen molar-refractivity contribution in [2.45, 2.75) is 0 Å². The SMILES string of the molecule is COc1ccc(N=C2SC(=Cc3cc(-c4ccccc4)cs3)C(=O)N2C)cc1. The molecule has 3 aromatic rings. The molecule has 1 aliphatic heterocycles. The van der Waals surface area contributed by atoms with Gasteiger partial charge in [-0.15, -0.1) is 11.3 Å². The molecule has 28 heavy (non-hydrogen) atoms. The minimum Gasteiger partial charge on any atom is -0.497 e. The van der Waals surface area contributed by atoms with Crippen LogP contribution in [0.4, 0.5) is 5.69 Å². The van der Waals surface area contributed by atoms with Gasteiger partial charge in [-0.05, 0) is 64.7 Å². The summed E-state index contributed by atoms with van der Waals surface area (Å²) in [4.78, 5) is 20.5. The number of thioether (sulfide) groups is 1. The number of benzene rings is 2. The molecule has 0 bridgehead atoms. The third kappa shape index (κ3) is 3.88. The molecular weight excluding hydrogens is 388 g/mol. The number of aliphatic imine (C=N–C) groups is 1. The first-order chi connectivity index (χ1) is 13.6. The second-order valence-corrected chi connectivity index (χ2v) is 8.12. The maximum Gasteiger partial charge on any atom is 0.266 e. The molecule has 140 valence electrons. The van der Waals surface area contributed by atoms with E-state index in [-0.39, 0.29) is 5.91 Å². The Balaban J connectivity index is 1.56. The molecule has 0 N–H and O–H groups in total. The van der Waals surface area contributed by atoms with Crippen LogP contribution < -0.4 is 4.74 Å². The average Bonchev–Trinajstić information content (AvgIpc) is 3.30. The lowest BCUT2D eigenvalue weighted by atomic mass is 10.1. The Morgan fingerprint density at radius 1 is 1.04 bits per heavy atom. The fourth-order valence-corrected chi connectivity index (χ4v) is 4.66. The zero-order valence-corrected chi connectivity index (χ0v) is 17.1. The highest BCUT2D eigenvalue weighted by atomic mass is 32.2. The summed E-state index contributed by atoms with van der Waals surface area (Å²) in [5.41, 5.74) is 3.12. The predicted octanol–water partition coefficient (Wildman–Crippen LogP) is 5.66. The molecule has 6 heteroatoms. The van der Waals surface area contributed by atoms with Gasteiger partial charge in [-0.2, -0.15) is 0 Å². The van der Waals surface area contributed by atoms with Crippen molar-refractivity contribution in [3.05, 3.63) is 75.8 Å². The van der Waals surface area contributed by atoms with Gasteiger partial charge in [0.25, 0.3) is 5.91 Å². The Morgan fingerprint density at radius 2 is 1.79 bits per heavy atom. The molecular formula is C22H18N2O2S2. The summed E-state index contributed by atoms with van der Waals surface area (Å²) >= 11 is 3.02. The topological polar surface area (TPSA) is 41.9 Å². The van der Waals surface area contributed by atoms with Gasteiger partial charge in [-0.1, -0.05) is 30.3 Å². The van der Waals surface area contributed by atoms with Gasteiger partial charge in [0, 0.05) is 11.9 Å². The second-order valence-electron chi connectivity index (χ2n) is 6.17. The molecule has 2 heterocycles. The Morgan fingerprint density at radius 3 is 2.50 bits per heavy atom. The zero-order chi connectivity index (χ0) is 19.5. The maximum atomic E-state index is 12.6. The van der Waals surface area contributed by atoms with Gasteiger partial charge < -0.3 is 4.74 Å². The summed E-state index contributed by atoms with van der Waals surface area (Å²) < 4.78 is 5.17. The highest BCUT2D eigenvalue weighted by Gasteiger charge is 2.30. The Hall–Kier alpha value is -2.83. The van der Waals surface area contributed by atoms with Crippen molar-refractivity contribution in [1.82, 2.24) is 4.90 Å². The van der Waals surface area contributed by atoms with Crippen LogP contribution in [0.15, 0.2) is 75.9 Å². The molecule has 1 fully saturated rings. The van der Waals surface area contributed by atoms with Gasteiger partial charge in [-0.3, -0.25) is 9.69 Å². The third-order valence-electron chi connectivity index (χ3n) is 4.30. The van der Waals surface area contributed by atoms with Crippen LogP contribution >= 0.6 is 23.1 Å². The van der Waals surface area contributed by atoms with E-state index in [2.05, 4.69) is 28.6 Å².